The van der Waals surface area contributed by atoms with Crippen LogP contribution < -0.4 is 10.6 Å². The molecule has 7 heteroatoms. The van der Waals surface area contributed by atoms with E-state index in [1.807, 2.05) is 24.3 Å². The number of benzene rings is 1. The van der Waals surface area contributed by atoms with Crippen LogP contribution in [0.4, 0.5) is 5.82 Å². The molecule has 110 valence electrons. The fraction of sp³-hybridized carbons (Fsp3) is 0.214. The van der Waals surface area contributed by atoms with Gasteiger partial charge in [0.25, 0.3) is 0 Å². The van der Waals surface area contributed by atoms with Gasteiger partial charge in [-0.25, -0.2) is 0 Å². The van der Waals surface area contributed by atoms with Gasteiger partial charge in [-0.3, -0.25) is 9.59 Å². The van der Waals surface area contributed by atoms with Crippen molar-refractivity contribution in [3.8, 4) is 0 Å². The summed E-state index contributed by atoms with van der Waals surface area (Å²) in [5, 5.41) is 8.71. The van der Waals surface area contributed by atoms with E-state index in [0.29, 0.717) is 11.6 Å². The van der Waals surface area contributed by atoms with E-state index in [1.165, 1.54) is 0 Å². The van der Waals surface area contributed by atoms with E-state index in [9.17, 15) is 9.59 Å². The number of carbonyl (C=O) groups excluding carboxylic acids is 2. The van der Waals surface area contributed by atoms with Crippen molar-refractivity contribution in [2.24, 2.45) is 0 Å². The zero-order chi connectivity index (χ0) is 15.2. The fourth-order valence-corrected chi connectivity index (χ4v) is 1.91. The highest BCUT2D eigenvalue weighted by Crippen LogP contribution is 2.10. The van der Waals surface area contributed by atoms with Crippen molar-refractivity contribution in [1.82, 2.24) is 10.5 Å². The predicted molar refractivity (Wildman–Crippen MR) is 80.7 cm³/mol. The standard InChI is InChI=1S/C14H14BrN3O3/c1-9-6-12(18-21-9)17-14(20)8-16-13(19)7-10-2-4-11(15)5-3-10/h2-6H,7-8H2,1H3,(H,16,19)(H,17,18,20). The first-order valence-electron chi connectivity index (χ1n) is 6.27. The molecule has 0 fully saturated rings. The van der Waals surface area contributed by atoms with E-state index in [2.05, 4.69) is 31.7 Å². The van der Waals surface area contributed by atoms with Crippen molar-refractivity contribution in [2.45, 2.75) is 13.3 Å². The second-order valence-corrected chi connectivity index (χ2v) is 5.37. The predicted octanol–water partition coefficient (Wildman–Crippen LogP) is 2.04. The number of carbonyl (C=O) groups is 2. The molecule has 2 amide bonds. The molecule has 2 N–H and O–H groups in total. The number of halogens is 1. The second-order valence-electron chi connectivity index (χ2n) is 4.45. The maximum absolute atomic E-state index is 11.7. The molecular formula is C14H14BrN3O3. The number of hydrogen-bond acceptors (Lipinski definition) is 4. The molecule has 0 aliphatic heterocycles. The minimum atomic E-state index is -0.354. The molecule has 6 nitrogen and oxygen atoms in total. The van der Waals surface area contributed by atoms with Crippen LogP contribution in [0.15, 0.2) is 39.3 Å². The fourth-order valence-electron chi connectivity index (χ4n) is 1.64. The average Bonchev–Trinajstić information content (AvgIpc) is 2.84. The van der Waals surface area contributed by atoms with Gasteiger partial charge in [-0.15, -0.1) is 0 Å². The Bertz CT molecular complexity index is 637. The molecule has 1 heterocycles. The summed E-state index contributed by atoms with van der Waals surface area (Å²) in [6, 6.07) is 9.02. The molecular weight excluding hydrogens is 338 g/mol. The Balaban J connectivity index is 1.75. The molecule has 0 bridgehead atoms. The zero-order valence-corrected chi connectivity index (χ0v) is 12.9. The monoisotopic (exact) mass is 351 g/mol. The summed E-state index contributed by atoms with van der Waals surface area (Å²) < 4.78 is 5.78. The molecule has 1 aromatic heterocycles. The first-order valence-corrected chi connectivity index (χ1v) is 7.06. The molecule has 0 saturated carbocycles. The number of nitrogens with zero attached hydrogens (tertiary/aromatic N) is 1. The van der Waals surface area contributed by atoms with Gasteiger partial charge in [-0.05, 0) is 24.6 Å². The number of hydrogen-bond donors (Lipinski definition) is 2. The molecule has 0 radical (unpaired) electrons. The molecule has 21 heavy (non-hydrogen) atoms. The second kappa shape index (κ2) is 7.03. The molecule has 1 aromatic carbocycles. The largest absolute Gasteiger partial charge is 0.360 e. The maximum Gasteiger partial charge on any atom is 0.245 e. The zero-order valence-electron chi connectivity index (χ0n) is 11.4. The van der Waals surface area contributed by atoms with Gasteiger partial charge in [-0.2, -0.15) is 0 Å². The van der Waals surface area contributed by atoms with Gasteiger partial charge in [-0.1, -0.05) is 33.2 Å². The number of aromatic nitrogens is 1. The molecule has 0 spiro atoms. The quantitative estimate of drug-likeness (QED) is 0.863. The summed E-state index contributed by atoms with van der Waals surface area (Å²) in [6.07, 6.45) is 0.226. The van der Waals surface area contributed by atoms with Crippen LogP contribution in [0.25, 0.3) is 0 Å². The van der Waals surface area contributed by atoms with Crippen LogP contribution in [0.1, 0.15) is 11.3 Å². The van der Waals surface area contributed by atoms with Crippen molar-refractivity contribution >= 4 is 33.6 Å². The Morgan fingerprint density at radius 1 is 1.24 bits per heavy atom. The lowest BCUT2D eigenvalue weighted by Crippen LogP contribution is -2.33. The van der Waals surface area contributed by atoms with E-state index in [-0.39, 0.29) is 24.8 Å². The van der Waals surface area contributed by atoms with E-state index in [4.69, 9.17) is 4.52 Å². The smallest absolute Gasteiger partial charge is 0.245 e. The third kappa shape index (κ3) is 5.03. The van der Waals surface area contributed by atoms with Gasteiger partial charge in [0, 0.05) is 10.5 Å². The number of rotatable bonds is 5. The van der Waals surface area contributed by atoms with Crippen LogP contribution in [-0.2, 0) is 16.0 Å². The van der Waals surface area contributed by atoms with Gasteiger partial charge in [0.05, 0.1) is 13.0 Å². The SMILES string of the molecule is Cc1cc(NC(=O)CNC(=O)Cc2ccc(Br)cc2)no1. The van der Waals surface area contributed by atoms with Crippen LogP contribution in [-0.4, -0.2) is 23.5 Å². The van der Waals surface area contributed by atoms with Gasteiger partial charge >= 0.3 is 0 Å². The molecule has 0 aliphatic rings. The van der Waals surface area contributed by atoms with Gasteiger partial charge in [0.15, 0.2) is 5.82 Å². The maximum atomic E-state index is 11.7. The molecule has 0 aliphatic carbocycles. The lowest BCUT2D eigenvalue weighted by atomic mass is 10.1. The van der Waals surface area contributed by atoms with Gasteiger partial charge in [0.1, 0.15) is 5.76 Å². The summed E-state index contributed by atoms with van der Waals surface area (Å²) >= 11 is 3.33. The minimum absolute atomic E-state index is 0.110. The Hall–Kier alpha value is -2.15. The first-order chi connectivity index (χ1) is 10.0. The van der Waals surface area contributed by atoms with Crippen molar-refractivity contribution in [3.63, 3.8) is 0 Å². The van der Waals surface area contributed by atoms with E-state index >= 15 is 0 Å². The lowest BCUT2D eigenvalue weighted by Gasteiger charge is -2.05. The van der Waals surface area contributed by atoms with Crippen LogP contribution in [0.2, 0.25) is 0 Å². The van der Waals surface area contributed by atoms with Crippen molar-refractivity contribution in [3.05, 3.63) is 46.1 Å². The van der Waals surface area contributed by atoms with Crippen molar-refractivity contribution in [1.29, 1.82) is 0 Å². The number of nitrogens with one attached hydrogen (secondary N) is 2. The highest BCUT2D eigenvalue weighted by molar-refractivity contribution is 9.10. The summed E-state index contributed by atoms with van der Waals surface area (Å²) in [5.74, 6) is 0.362. The van der Waals surface area contributed by atoms with Gasteiger partial charge in [0.2, 0.25) is 11.8 Å². The molecule has 0 saturated heterocycles. The lowest BCUT2D eigenvalue weighted by molar-refractivity contribution is -0.123. The third-order valence-corrected chi connectivity index (χ3v) is 3.15. The minimum Gasteiger partial charge on any atom is -0.360 e. The first kappa shape index (κ1) is 15.2. The molecule has 2 rings (SSSR count). The van der Waals surface area contributed by atoms with Crippen LogP contribution in [0.5, 0.6) is 0 Å². The highest BCUT2D eigenvalue weighted by Gasteiger charge is 2.08. The third-order valence-electron chi connectivity index (χ3n) is 2.62. The molecule has 0 atom stereocenters. The summed E-state index contributed by atoms with van der Waals surface area (Å²) in [7, 11) is 0. The van der Waals surface area contributed by atoms with Crippen LogP contribution >= 0.6 is 15.9 Å². The topological polar surface area (TPSA) is 84.2 Å². The van der Waals surface area contributed by atoms with E-state index in [1.54, 1.807) is 13.0 Å². The number of aryl methyl sites for hydroxylation is 1. The number of anilines is 1. The van der Waals surface area contributed by atoms with E-state index < -0.39 is 0 Å². The van der Waals surface area contributed by atoms with Crippen molar-refractivity contribution < 1.29 is 14.1 Å². The molecule has 0 unspecified atom stereocenters. The normalized spacial score (nSPS) is 10.2. The highest BCUT2D eigenvalue weighted by atomic mass is 79.9. The van der Waals surface area contributed by atoms with E-state index in [0.717, 1.165) is 10.0 Å². The Kier molecular flexibility index (Phi) is 5.10. The van der Waals surface area contributed by atoms with Crippen LogP contribution in [0.3, 0.4) is 0 Å². The average molecular weight is 352 g/mol. The Morgan fingerprint density at radius 3 is 2.57 bits per heavy atom. The van der Waals surface area contributed by atoms with Crippen molar-refractivity contribution in [2.75, 3.05) is 11.9 Å². The summed E-state index contributed by atoms with van der Waals surface area (Å²) in [6.45, 7) is 1.61. The summed E-state index contributed by atoms with van der Waals surface area (Å²) in [4.78, 5) is 23.3. The molecule has 2 aromatic rings. The van der Waals surface area contributed by atoms with Crippen LogP contribution in [0, 0.1) is 6.92 Å². The number of amides is 2. The van der Waals surface area contributed by atoms with Gasteiger partial charge < -0.3 is 15.2 Å². The summed E-state index contributed by atoms with van der Waals surface area (Å²) in [5.41, 5.74) is 0.878. The Morgan fingerprint density at radius 2 is 1.95 bits per heavy atom. The Labute approximate surface area is 130 Å².